The average Bonchev–Trinajstić information content (AvgIpc) is 2.47. The van der Waals surface area contributed by atoms with Gasteiger partial charge < -0.3 is 4.90 Å². The van der Waals surface area contributed by atoms with E-state index >= 15 is 0 Å². The zero-order valence-electron chi connectivity index (χ0n) is 7.29. The summed E-state index contributed by atoms with van der Waals surface area (Å²) < 4.78 is 2.69. The zero-order valence-corrected chi connectivity index (χ0v) is 8.11. The van der Waals surface area contributed by atoms with Gasteiger partial charge in [0.15, 0.2) is 0 Å². The van der Waals surface area contributed by atoms with E-state index in [0.29, 0.717) is 19.5 Å². The number of H-pyrrole nitrogens is 1. The van der Waals surface area contributed by atoms with Crippen molar-refractivity contribution in [3.63, 3.8) is 0 Å². The largest absolute Gasteiger partial charge is 0.337 e. The molecular weight excluding hydrogens is 188 g/mol. The minimum atomic E-state index is 0.0169. The first-order chi connectivity index (χ1) is 6.18. The van der Waals surface area contributed by atoms with Crippen LogP contribution in [0.2, 0.25) is 0 Å². The molecule has 1 amide bonds. The predicted octanol–water partition coefficient (Wildman–Crippen LogP) is 0.341. The van der Waals surface area contributed by atoms with Crippen molar-refractivity contribution < 1.29 is 4.79 Å². The maximum absolute atomic E-state index is 11.2. The average molecular weight is 198 g/mol. The number of hydrogen-bond acceptors (Lipinski definition) is 3. The summed E-state index contributed by atoms with van der Waals surface area (Å²) in [5, 5.41) is 0. The third-order valence-corrected chi connectivity index (χ3v) is 3.20. The predicted molar refractivity (Wildman–Crippen MR) is 49.7 cm³/mol. The van der Waals surface area contributed by atoms with Crippen LogP contribution in [0.15, 0.2) is 4.79 Å². The van der Waals surface area contributed by atoms with Crippen molar-refractivity contribution in [2.45, 2.75) is 19.9 Å². The molecule has 0 saturated carbocycles. The highest BCUT2D eigenvalue weighted by Crippen LogP contribution is 2.18. The van der Waals surface area contributed by atoms with Gasteiger partial charge in [-0.05, 0) is 6.42 Å². The molecule has 0 spiro atoms. The van der Waals surface area contributed by atoms with Gasteiger partial charge in [0.25, 0.3) is 5.56 Å². The molecule has 0 unspecified atom stereocenters. The van der Waals surface area contributed by atoms with Crippen molar-refractivity contribution >= 4 is 17.4 Å². The second-order valence-corrected chi connectivity index (χ2v) is 4.03. The molecule has 1 aliphatic heterocycles. The van der Waals surface area contributed by atoms with E-state index in [-0.39, 0.29) is 11.5 Å². The fourth-order valence-electron chi connectivity index (χ4n) is 1.51. The maximum Gasteiger partial charge on any atom is 0.261 e. The number of hydrogen-bond donors (Lipinski definition) is 1. The van der Waals surface area contributed by atoms with Gasteiger partial charge in [0, 0.05) is 23.9 Å². The van der Waals surface area contributed by atoms with Gasteiger partial charge in [-0.25, -0.2) is 0 Å². The molecule has 1 aromatic heterocycles. The Balaban J connectivity index is 2.30. The second-order valence-electron chi connectivity index (χ2n) is 3.13. The van der Waals surface area contributed by atoms with Crippen LogP contribution in [0.3, 0.4) is 0 Å². The lowest BCUT2D eigenvalue weighted by Gasteiger charge is -2.24. The summed E-state index contributed by atoms with van der Waals surface area (Å²) in [5.74, 6) is 0.0755. The van der Waals surface area contributed by atoms with E-state index in [0.717, 1.165) is 10.4 Å². The molecule has 1 aliphatic rings. The molecule has 0 radical (unpaired) electrons. The summed E-state index contributed by atoms with van der Waals surface area (Å²) in [7, 11) is 0. The van der Waals surface area contributed by atoms with Crippen molar-refractivity contribution in [2.24, 2.45) is 0 Å². The van der Waals surface area contributed by atoms with Gasteiger partial charge in [0.05, 0.1) is 6.54 Å². The zero-order chi connectivity index (χ0) is 9.42. The number of nitrogens with one attached hydrogen (secondary N) is 1. The van der Waals surface area contributed by atoms with Crippen molar-refractivity contribution in [1.82, 2.24) is 9.27 Å². The van der Waals surface area contributed by atoms with Gasteiger partial charge in [0.1, 0.15) is 0 Å². The van der Waals surface area contributed by atoms with E-state index in [9.17, 15) is 9.59 Å². The van der Waals surface area contributed by atoms with E-state index in [1.165, 1.54) is 11.5 Å². The van der Waals surface area contributed by atoms with Crippen LogP contribution in [0.1, 0.15) is 17.4 Å². The molecule has 0 fully saturated rings. The van der Waals surface area contributed by atoms with Crippen molar-refractivity contribution in [3.05, 3.63) is 20.8 Å². The lowest BCUT2D eigenvalue weighted by Crippen LogP contribution is -2.34. The van der Waals surface area contributed by atoms with Gasteiger partial charge in [0.2, 0.25) is 5.91 Å². The van der Waals surface area contributed by atoms with Crippen LogP contribution in [0.4, 0.5) is 0 Å². The summed E-state index contributed by atoms with van der Waals surface area (Å²) >= 11 is 1.34. The highest BCUT2D eigenvalue weighted by molar-refractivity contribution is 7.05. The number of nitrogens with zero attached hydrogens (tertiary/aromatic N) is 1. The Hall–Kier alpha value is -1.10. The van der Waals surface area contributed by atoms with Gasteiger partial charge in [-0.1, -0.05) is 11.5 Å². The summed E-state index contributed by atoms with van der Waals surface area (Å²) in [5.41, 5.74) is 0.880. The van der Waals surface area contributed by atoms with Crippen LogP contribution in [-0.4, -0.2) is 21.7 Å². The third kappa shape index (κ3) is 1.39. The summed E-state index contributed by atoms with van der Waals surface area (Å²) in [4.78, 5) is 25.0. The van der Waals surface area contributed by atoms with Crippen LogP contribution in [0, 0.1) is 0 Å². The molecule has 1 aromatic rings. The van der Waals surface area contributed by atoms with Gasteiger partial charge >= 0.3 is 0 Å². The minimum Gasteiger partial charge on any atom is -0.337 e. The SMILES string of the molecule is CC(=O)N1CCc2c(s[nH]c2=O)C1. The van der Waals surface area contributed by atoms with Crippen molar-refractivity contribution in [2.75, 3.05) is 6.54 Å². The molecule has 13 heavy (non-hydrogen) atoms. The number of aromatic amines is 1. The van der Waals surface area contributed by atoms with E-state index in [1.807, 2.05) is 0 Å². The quantitative estimate of drug-likeness (QED) is 0.653. The van der Waals surface area contributed by atoms with Crippen LogP contribution in [0.5, 0.6) is 0 Å². The van der Waals surface area contributed by atoms with E-state index in [1.54, 1.807) is 11.8 Å². The summed E-state index contributed by atoms with van der Waals surface area (Å²) in [6.07, 6.45) is 0.688. The first-order valence-corrected chi connectivity index (χ1v) is 4.95. The molecule has 1 N–H and O–H groups in total. The van der Waals surface area contributed by atoms with Crippen LogP contribution >= 0.6 is 11.5 Å². The molecule has 4 nitrogen and oxygen atoms in total. The van der Waals surface area contributed by atoms with Crippen LogP contribution < -0.4 is 5.56 Å². The molecule has 2 rings (SSSR count). The Bertz CT molecular complexity index is 393. The molecule has 0 aromatic carbocycles. The standard InChI is InChI=1S/C8H10N2O2S/c1-5(11)10-3-2-6-7(4-10)13-9-8(6)12/h2-4H2,1H3,(H,9,12). The van der Waals surface area contributed by atoms with Crippen LogP contribution in [-0.2, 0) is 17.8 Å². The molecule has 0 aliphatic carbocycles. The smallest absolute Gasteiger partial charge is 0.261 e. The van der Waals surface area contributed by atoms with Crippen LogP contribution in [0.25, 0.3) is 0 Å². The highest BCUT2D eigenvalue weighted by Gasteiger charge is 2.21. The fraction of sp³-hybridized carbons (Fsp3) is 0.500. The Morgan fingerprint density at radius 2 is 2.38 bits per heavy atom. The Morgan fingerprint density at radius 3 is 3.08 bits per heavy atom. The lowest BCUT2D eigenvalue weighted by molar-refractivity contribution is -0.129. The third-order valence-electron chi connectivity index (χ3n) is 2.29. The second kappa shape index (κ2) is 2.99. The highest BCUT2D eigenvalue weighted by atomic mass is 32.1. The molecule has 2 heterocycles. The number of carbonyl (C=O) groups excluding carboxylic acids is 1. The van der Waals surface area contributed by atoms with Crippen molar-refractivity contribution in [1.29, 1.82) is 0 Å². The Labute approximate surface area is 79.3 Å². The van der Waals surface area contributed by atoms with Gasteiger partial charge in [-0.15, -0.1) is 0 Å². The minimum absolute atomic E-state index is 0.0169. The van der Waals surface area contributed by atoms with E-state index < -0.39 is 0 Å². The summed E-state index contributed by atoms with van der Waals surface area (Å²) in [6.45, 7) is 2.82. The molecule has 5 heteroatoms. The topological polar surface area (TPSA) is 53.2 Å². The number of aromatic nitrogens is 1. The number of rotatable bonds is 0. The van der Waals surface area contributed by atoms with Gasteiger partial charge in [-0.3, -0.25) is 14.0 Å². The Morgan fingerprint density at radius 1 is 1.62 bits per heavy atom. The molecule has 0 saturated heterocycles. The molecule has 0 atom stereocenters. The van der Waals surface area contributed by atoms with Crippen molar-refractivity contribution in [3.8, 4) is 0 Å². The normalized spacial score (nSPS) is 15.6. The summed E-state index contributed by atoms with van der Waals surface area (Å²) in [6, 6.07) is 0. The Kier molecular flexibility index (Phi) is 1.95. The first-order valence-electron chi connectivity index (χ1n) is 4.13. The lowest BCUT2D eigenvalue weighted by atomic mass is 10.1. The number of fused-ring (bicyclic) bond motifs is 1. The maximum atomic E-state index is 11.2. The van der Waals surface area contributed by atoms with E-state index in [2.05, 4.69) is 4.37 Å². The van der Waals surface area contributed by atoms with Gasteiger partial charge in [-0.2, -0.15) is 0 Å². The fourth-order valence-corrected chi connectivity index (χ4v) is 2.38. The monoisotopic (exact) mass is 198 g/mol. The van der Waals surface area contributed by atoms with E-state index in [4.69, 9.17) is 0 Å². The first kappa shape index (κ1) is 8.50. The molecule has 70 valence electrons. The number of amides is 1. The molecular formula is C8H10N2O2S. The molecule has 0 bridgehead atoms. The number of carbonyl (C=O) groups is 1.